The molecule has 1 heterocycles. The Hall–Kier alpha value is -2.04. The minimum Gasteiger partial charge on any atom is -0.493 e. The van der Waals surface area contributed by atoms with E-state index in [0.717, 1.165) is 5.56 Å². The van der Waals surface area contributed by atoms with E-state index in [1.807, 2.05) is 32.9 Å². The van der Waals surface area contributed by atoms with Crippen LogP contribution in [-0.2, 0) is 14.8 Å². The third-order valence-corrected chi connectivity index (χ3v) is 6.28. The maximum absolute atomic E-state index is 12.3. The number of amides is 2. The summed E-state index contributed by atoms with van der Waals surface area (Å²) >= 11 is 0. The highest BCUT2D eigenvalue weighted by Crippen LogP contribution is 2.31. The quantitative estimate of drug-likeness (QED) is 0.616. The Kier molecular flexibility index (Phi) is 8.54. The Balaban J connectivity index is 1.85. The molecule has 29 heavy (non-hydrogen) atoms. The van der Waals surface area contributed by atoms with Crippen LogP contribution in [0.25, 0.3) is 0 Å². The van der Waals surface area contributed by atoms with Crippen LogP contribution < -0.4 is 20.1 Å². The van der Waals surface area contributed by atoms with Crippen molar-refractivity contribution in [1.82, 2.24) is 14.9 Å². The molecule has 0 spiro atoms. The number of nitrogens with zero attached hydrogens (tertiary/aromatic N) is 1. The van der Waals surface area contributed by atoms with Gasteiger partial charge in [0.15, 0.2) is 11.5 Å². The molecule has 2 rings (SSSR count). The van der Waals surface area contributed by atoms with Gasteiger partial charge in [-0.05, 0) is 38.5 Å². The Morgan fingerprint density at radius 1 is 1.21 bits per heavy atom. The summed E-state index contributed by atoms with van der Waals surface area (Å²) in [5.41, 5.74) is 0.842. The van der Waals surface area contributed by atoms with E-state index < -0.39 is 16.1 Å². The number of carbonyl (C=O) groups is 1. The van der Waals surface area contributed by atoms with Gasteiger partial charge in [-0.2, -0.15) is 4.31 Å². The molecule has 1 aliphatic rings. The maximum atomic E-state index is 12.3. The van der Waals surface area contributed by atoms with Crippen molar-refractivity contribution in [2.45, 2.75) is 32.9 Å². The third kappa shape index (κ3) is 7.06. The molecule has 1 unspecified atom stereocenters. The smallest absolute Gasteiger partial charge is 0.315 e. The minimum absolute atomic E-state index is 0.0183. The number of sulfonamides is 1. The molecule has 0 aliphatic carbocycles. The summed E-state index contributed by atoms with van der Waals surface area (Å²) in [6.07, 6.45) is 0.0183. The SMILES string of the molecule is COc1cc(C(C)NC(=O)NCCS(=O)(=O)N2CCOCC2)ccc1OC(C)C. The molecule has 0 bridgehead atoms. The summed E-state index contributed by atoms with van der Waals surface area (Å²) in [5.74, 6) is 1.07. The lowest BCUT2D eigenvalue weighted by molar-refractivity contribution is 0.0730. The summed E-state index contributed by atoms with van der Waals surface area (Å²) in [6, 6.07) is 4.74. The van der Waals surface area contributed by atoms with Crippen LogP contribution in [0.2, 0.25) is 0 Å². The van der Waals surface area contributed by atoms with Crippen molar-refractivity contribution in [2.75, 3.05) is 45.7 Å². The number of carbonyl (C=O) groups excluding carboxylic acids is 1. The Labute approximate surface area is 172 Å². The molecule has 1 atom stereocenters. The second-order valence-electron chi connectivity index (χ2n) is 7.03. The molecule has 1 aromatic carbocycles. The van der Waals surface area contributed by atoms with Crippen LogP contribution in [0.3, 0.4) is 0 Å². The number of morpholine rings is 1. The van der Waals surface area contributed by atoms with Crippen LogP contribution in [0.1, 0.15) is 32.4 Å². The standard InChI is InChI=1S/C19H31N3O6S/c1-14(2)28-17-6-5-16(13-18(17)26-4)15(3)21-19(23)20-7-12-29(24,25)22-8-10-27-11-9-22/h5-6,13-15H,7-12H2,1-4H3,(H2,20,21,23). The minimum atomic E-state index is -3.40. The number of ether oxygens (including phenoxy) is 3. The second kappa shape index (κ2) is 10.7. The van der Waals surface area contributed by atoms with Crippen molar-refractivity contribution in [3.8, 4) is 11.5 Å². The summed E-state index contributed by atoms with van der Waals surface area (Å²) in [6.45, 7) is 7.23. The van der Waals surface area contributed by atoms with E-state index in [1.165, 1.54) is 4.31 Å². The zero-order valence-electron chi connectivity index (χ0n) is 17.4. The monoisotopic (exact) mass is 429 g/mol. The van der Waals surface area contributed by atoms with Crippen LogP contribution in [0, 0.1) is 0 Å². The molecule has 1 saturated heterocycles. The zero-order valence-corrected chi connectivity index (χ0v) is 18.3. The van der Waals surface area contributed by atoms with Gasteiger partial charge in [0.1, 0.15) is 0 Å². The molecular weight excluding hydrogens is 398 g/mol. The lowest BCUT2D eigenvalue weighted by atomic mass is 10.1. The number of hydrogen-bond donors (Lipinski definition) is 2. The fourth-order valence-electron chi connectivity index (χ4n) is 2.88. The Morgan fingerprint density at radius 2 is 1.90 bits per heavy atom. The topological polar surface area (TPSA) is 106 Å². The molecule has 2 amide bonds. The zero-order chi connectivity index (χ0) is 21.4. The van der Waals surface area contributed by atoms with E-state index in [9.17, 15) is 13.2 Å². The molecule has 0 aromatic heterocycles. The molecule has 9 nitrogen and oxygen atoms in total. The van der Waals surface area contributed by atoms with Gasteiger partial charge in [-0.15, -0.1) is 0 Å². The van der Waals surface area contributed by atoms with Crippen LogP contribution in [0.4, 0.5) is 4.79 Å². The first-order chi connectivity index (χ1) is 13.7. The fourth-order valence-corrected chi connectivity index (χ4v) is 4.21. The predicted molar refractivity (Wildman–Crippen MR) is 110 cm³/mol. The number of urea groups is 1. The number of benzene rings is 1. The third-order valence-electron chi connectivity index (χ3n) is 4.41. The molecule has 10 heteroatoms. The van der Waals surface area contributed by atoms with Crippen molar-refractivity contribution in [3.05, 3.63) is 23.8 Å². The summed E-state index contributed by atoms with van der Waals surface area (Å²) in [7, 11) is -1.84. The first-order valence-electron chi connectivity index (χ1n) is 9.67. The van der Waals surface area contributed by atoms with Crippen molar-refractivity contribution in [2.24, 2.45) is 0 Å². The number of nitrogens with one attached hydrogen (secondary N) is 2. The normalized spacial score (nSPS) is 16.3. The fraction of sp³-hybridized carbons (Fsp3) is 0.632. The highest BCUT2D eigenvalue weighted by Gasteiger charge is 2.24. The highest BCUT2D eigenvalue weighted by atomic mass is 32.2. The second-order valence-corrected chi connectivity index (χ2v) is 9.11. The number of hydrogen-bond acceptors (Lipinski definition) is 6. The average molecular weight is 430 g/mol. The van der Waals surface area contributed by atoms with Crippen LogP contribution in [0.5, 0.6) is 11.5 Å². The van der Waals surface area contributed by atoms with E-state index in [-0.39, 0.29) is 24.4 Å². The molecule has 1 aliphatic heterocycles. The van der Waals surface area contributed by atoms with E-state index in [1.54, 1.807) is 13.2 Å². The van der Waals surface area contributed by atoms with Gasteiger partial charge in [0.25, 0.3) is 0 Å². The molecule has 2 N–H and O–H groups in total. The van der Waals surface area contributed by atoms with Gasteiger partial charge in [-0.25, -0.2) is 13.2 Å². The molecule has 0 saturated carbocycles. The predicted octanol–water partition coefficient (Wildman–Crippen LogP) is 1.50. The summed E-state index contributed by atoms with van der Waals surface area (Å²) < 4.78 is 42.1. The summed E-state index contributed by atoms with van der Waals surface area (Å²) in [5, 5.41) is 5.40. The molecule has 164 valence electrons. The largest absolute Gasteiger partial charge is 0.493 e. The van der Waals surface area contributed by atoms with Crippen molar-refractivity contribution >= 4 is 16.1 Å². The van der Waals surface area contributed by atoms with Gasteiger partial charge < -0.3 is 24.8 Å². The van der Waals surface area contributed by atoms with Gasteiger partial charge in [0.05, 0.1) is 38.2 Å². The van der Waals surface area contributed by atoms with Crippen LogP contribution in [-0.4, -0.2) is 70.6 Å². The molecular formula is C19H31N3O6S. The Bertz CT molecular complexity index is 778. The van der Waals surface area contributed by atoms with Gasteiger partial charge in [0.2, 0.25) is 10.0 Å². The van der Waals surface area contributed by atoms with Crippen molar-refractivity contribution < 1.29 is 27.4 Å². The average Bonchev–Trinajstić information content (AvgIpc) is 2.68. The van der Waals surface area contributed by atoms with Crippen LogP contribution >= 0.6 is 0 Å². The van der Waals surface area contributed by atoms with E-state index in [2.05, 4.69) is 10.6 Å². The van der Waals surface area contributed by atoms with Gasteiger partial charge >= 0.3 is 6.03 Å². The molecule has 0 radical (unpaired) electrons. The van der Waals surface area contributed by atoms with Gasteiger partial charge in [-0.3, -0.25) is 0 Å². The van der Waals surface area contributed by atoms with Gasteiger partial charge in [0, 0.05) is 19.6 Å². The lowest BCUT2D eigenvalue weighted by Crippen LogP contribution is -2.45. The van der Waals surface area contributed by atoms with Gasteiger partial charge in [-0.1, -0.05) is 6.07 Å². The summed E-state index contributed by atoms with van der Waals surface area (Å²) in [4.78, 5) is 12.1. The first kappa shape index (κ1) is 23.2. The van der Waals surface area contributed by atoms with E-state index in [4.69, 9.17) is 14.2 Å². The maximum Gasteiger partial charge on any atom is 0.315 e. The molecule has 1 aromatic rings. The Morgan fingerprint density at radius 3 is 2.52 bits per heavy atom. The van der Waals surface area contributed by atoms with Crippen molar-refractivity contribution in [3.63, 3.8) is 0 Å². The lowest BCUT2D eigenvalue weighted by Gasteiger charge is -2.26. The highest BCUT2D eigenvalue weighted by molar-refractivity contribution is 7.89. The number of rotatable bonds is 9. The first-order valence-corrected chi connectivity index (χ1v) is 11.3. The number of methoxy groups -OCH3 is 1. The van der Waals surface area contributed by atoms with E-state index >= 15 is 0 Å². The molecule has 1 fully saturated rings. The van der Waals surface area contributed by atoms with E-state index in [0.29, 0.717) is 37.8 Å². The van der Waals surface area contributed by atoms with Crippen LogP contribution in [0.15, 0.2) is 18.2 Å². The van der Waals surface area contributed by atoms with Crippen molar-refractivity contribution in [1.29, 1.82) is 0 Å².